The molecule has 0 saturated heterocycles. The molecule has 0 fully saturated rings. The van der Waals surface area contributed by atoms with Gasteiger partial charge in [0.05, 0.1) is 11.1 Å². The van der Waals surface area contributed by atoms with E-state index in [-0.39, 0.29) is 6.07 Å². The average Bonchev–Trinajstić information content (AvgIpc) is 2.14. The molecule has 1 aromatic rings. The van der Waals surface area contributed by atoms with E-state index in [0.717, 1.165) is 0 Å². The zero-order chi connectivity index (χ0) is 12.5. The Morgan fingerprint density at radius 1 is 1.38 bits per heavy atom. The van der Waals surface area contributed by atoms with Gasteiger partial charge in [-0.1, -0.05) is 0 Å². The third-order valence-corrected chi connectivity index (χ3v) is 1.73. The molecule has 0 bridgehead atoms. The Morgan fingerprint density at radius 3 is 2.31 bits per heavy atom. The first-order valence-electron chi connectivity index (χ1n) is 3.83. The molecular formula is C8H4F5N3. The van der Waals surface area contributed by atoms with Crippen molar-refractivity contribution in [1.82, 2.24) is 4.98 Å². The van der Waals surface area contributed by atoms with Crippen molar-refractivity contribution in [3.63, 3.8) is 0 Å². The van der Waals surface area contributed by atoms with Crippen molar-refractivity contribution in [1.29, 1.82) is 5.26 Å². The molecule has 0 unspecified atom stereocenters. The monoisotopic (exact) mass is 237 g/mol. The van der Waals surface area contributed by atoms with Gasteiger partial charge in [0.15, 0.2) is 5.69 Å². The molecule has 1 rings (SSSR count). The summed E-state index contributed by atoms with van der Waals surface area (Å²) in [7, 11) is 0. The van der Waals surface area contributed by atoms with E-state index in [9.17, 15) is 22.0 Å². The molecule has 0 aliphatic rings. The van der Waals surface area contributed by atoms with Gasteiger partial charge in [-0.25, -0.2) is 13.8 Å². The lowest BCUT2D eigenvalue weighted by Gasteiger charge is -2.11. The highest BCUT2D eigenvalue weighted by molar-refractivity contribution is 5.48. The predicted molar refractivity (Wildman–Crippen MR) is 43.3 cm³/mol. The van der Waals surface area contributed by atoms with E-state index in [1.165, 1.54) is 6.07 Å². The third kappa shape index (κ3) is 2.18. The Kier molecular flexibility index (Phi) is 2.98. The number of halogens is 5. The van der Waals surface area contributed by atoms with Crippen LogP contribution in [0.3, 0.4) is 0 Å². The van der Waals surface area contributed by atoms with Crippen molar-refractivity contribution in [2.75, 3.05) is 5.73 Å². The molecule has 0 amide bonds. The van der Waals surface area contributed by atoms with Gasteiger partial charge in [0.2, 0.25) is 0 Å². The molecule has 0 aromatic carbocycles. The Morgan fingerprint density at radius 2 is 1.94 bits per heavy atom. The van der Waals surface area contributed by atoms with Gasteiger partial charge in [0.25, 0.3) is 6.43 Å². The molecule has 86 valence electrons. The second-order valence-electron chi connectivity index (χ2n) is 2.77. The minimum atomic E-state index is -4.88. The van der Waals surface area contributed by atoms with Crippen molar-refractivity contribution in [3.05, 3.63) is 22.9 Å². The molecule has 8 heteroatoms. The number of rotatable bonds is 1. The maximum absolute atomic E-state index is 12.3. The van der Waals surface area contributed by atoms with Crippen LogP contribution in [0.2, 0.25) is 0 Å². The molecule has 2 N–H and O–H groups in total. The van der Waals surface area contributed by atoms with Crippen molar-refractivity contribution in [2.24, 2.45) is 0 Å². The zero-order valence-corrected chi connectivity index (χ0v) is 7.52. The van der Waals surface area contributed by atoms with Crippen molar-refractivity contribution >= 4 is 5.82 Å². The SMILES string of the molecule is N#Cc1nc(N)c(C(F)(F)F)cc1C(F)F. The largest absolute Gasteiger partial charge is 0.419 e. The first kappa shape index (κ1) is 12.2. The molecular weight excluding hydrogens is 233 g/mol. The number of pyridine rings is 1. The lowest BCUT2D eigenvalue weighted by atomic mass is 10.1. The van der Waals surface area contributed by atoms with E-state index < -0.39 is 35.2 Å². The molecule has 0 aliphatic carbocycles. The van der Waals surface area contributed by atoms with Crippen molar-refractivity contribution in [3.8, 4) is 6.07 Å². The molecule has 3 nitrogen and oxygen atoms in total. The number of aromatic nitrogens is 1. The number of nitrogens with zero attached hydrogens (tertiary/aromatic N) is 2. The van der Waals surface area contributed by atoms with Gasteiger partial charge in [-0.05, 0) is 6.07 Å². The van der Waals surface area contributed by atoms with Crippen LogP contribution < -0.4 is 5.73 Å². The zero-order valence-electron chi connectivity index (χ0n) is 7.52. The van der Waals surface area contributed by atoms with Crippen LogP contribution in [-0.4, -0.2) is 4.98 Å². The predicted octanol–water partition coefficient (Wildman–Crippen LogP) is 2.49. The molecule has 0 atom stereocenters. The number of alkyl halides is 5. The standard InChI is InChI=1S/C8H4F5N3/c9-6(10)3-1-4(8(11,12)13)7(15)16-5(3)2-14/h1,6H,(H2,15,16). The fraction of sp³-hybridized carbons (Fsp3) is 0.250. The smallest absolute Gasteiger partial charge is 0.383 e. The van der Waals surface area contributed by atoms with Crippen LogP contribution in [0, 0.1) is 11.3 Å². The van der Waals surface area contributed by atoms with Crippen LogP contribution in [0.15, 0.2) is 6.07 Å². The van der Waals surface area contributed by atoms with Gasteiger partial charge in [0.1, 0.15) is 11.9 Å². The summed E-state index contributed by atoms with van der Waals surface area (Å²) in [6.45, 7) is 0. The molecule has 1 aromatic heterocycles. The molecule has 0 radical (unpaired) electrons. The lowest BCUT2D eigenvalue weighted by Crippen LogP contribution is -2.13. The topological polar surface area (TPSA) is 62.7 Å². The minimum absolute atomic E-state index is 0.144. The van der Waals surface area contributed by atoms with Crippen molar-refractivity contribution < 1.29 is 22.0 Å². The first-order chi connectivity index (χ1) is 7.27. The molecule has 0 saturated carbocycles. The van der Waals surface area contributed by atoms with E-state index in [0.29, 0.717) is 0 Å². The summed E-state index contributed by atoms with van der Waals surface area (Å²) < 4.78 is 61.5. The maximum Gasteiger partial charge on any atom is 0.419 e. The number of nitrogen functional groups attached to an aromatic ring is 1. The van der Waals surface area contributed by atoms with Gasteiger partial charge < -0.3 is 5.73 Å². The number of anilines is 1. The second-order valence-corrected chi connectivity index (χ2v) is 2.77. The van der Waals surface area contributed by atoms with Gasteiger partial charge in [0, 0.05) is 0 Å². The summed E-state index contributed by atoms with van der Waals surface area (Å²) in [6.07, 6.45) is -8.10. The maximum atomic E-state index is 12.3. The van der Waals surface area contributed by atoms with E-state index >= 15 is 0 Å². The van der Waals surface area contributed by atoms with Crippen LogP contribution >= 0.6 is 0 Å². The van der Waals surface area contributed by atoms with E-state index in [2.05, 4.69) is 4.98 Å². The Labute approximate surface area is 86.3 Å². The van der Waals surface area contributed by atoms with Gasteiger partial charge in [-0.2, -0.15) is 18.4 Å². The van der Waals surface area contributed by atoms with Crippen LogP contribution in [0.25, 0.3) is 0 Å². The minimum Gasteiger partial charge on any atom is -0.383 e. The van der Waals surface area contributed by atoms with Crippen LogP contribution in [-0.2, 0) is 6.18 Å². The highest BCUT2D eigenvalue weighted by Crippen LogP contribution is 2.35. The van der Waals surface area contributed by atoms with E-state index in [1.54, 1.807) is 0 Å². The number of hydrogen-bond acceptors (Lipinski definition) is 3. The number of nitrogens with two attached hydrogens (primary N) is 1. The lowest BCUT2D eigenvalue weighted by molar-refractivity contribution is -0.137. The Hall–Kier alpha value is -1.91. The highest BCUT2D eigenvalue weighted by Gasteiger charge is 2.35. The van der Waals surface area contributed by atoms with E-state index in [4.69, 9.17) is 11.0 Å². The second kappa shape index (κ2) is 3.92. The summed E-state index contributed by atoms with van der Waals surface area (Å²) in [5.41, 5.74) is 1.57. The summed E-state index contributed by atoms with van der Waals surface area (Å²) in [4.78, 5) is 3.00. The quantitative estimate of drug-likeness (QED) is 0.763. The first-order valence-corrected chi connectivity index (χ1v) is 3.83. The molecule has 16 heavy (non-hydrogen) atoms. The van der Waals surface area contributed by atoms with E-state index in [1.807, 2.05) is 0 Å². The Bertz CT molecular complexity index is 445. The fourth-order valence-corrected chi connectivity index (χ4v) is 1.03. The van der Waals surface area contributed by atoms with Crippen LogP contribution in [0.5, 0.6) is 0 Å². The number of nitriles is 1. The van der Waals surface area contributed by atoms with Crippen LogP contribution in [0.1, 0.15) is 23.2 Å². The Balaban J connectivity index is 3.47. The fourth-order valence-electron chi connectivity index (χ4n) is 1.03. The average molecular weight is 237 g/mol. The van der Waals surface area contributed by atoms with Gasteiger partial charge in [-0.15, -0.1) is 0 Å². The number of hydrogen-bond donors (Lipinski definition) is 1. The van der Waals surface area contributed by atoms with Gasteiger partial charge >= 0.3 is 6.18 Å². The third-order valence-electron chi connectivity index (χ3n) is 1.73. The molecule has 0 spiro atoms. The molecule has 0 aliphatic heterocycles. The summed E-state index contributed by atoms with van der Waals surface area (Å²) in [5, 5.41) is 8.40. The summed E-state index contributed by atoms with van der Waals surface area (Å²) >= 11 is 0. The highest BCUT2D eigenvalue weighted by atomic mass is 19.4. The summed E-state index contributed by atoms with van der Waals surface area (Å²) in [6, 6.07) is 1.40. The van der Waals surface area contributed by atoms with Gasteiger partial charge in [-0.3, -0.25) is 0 Å². The normalized spacial score (nSPS) is 11.6. The van der Waals surface area contributed by atoms with Crippen LogP contribution in [0.4, 0.5) is 27.8 Å². The van der Waals surface area contributed by atoms with Crippen molar-refractivity contribution in [2.45, 2.75) is 12.6 Å². The summed E-state index contributed by atoms with van der Waals surface area (Å²) in [5.74, 6) is -0.992. The molecule has 1 heterocycles.